The van der Waals surface area contributed by atoms with E-state index in [1.54, 1.807) is 24.3 Å². The molecule has 0 aliphatic heterocycles. The summed E-state index contributed by atoms with van der Waals surface area (Å²) in [6.45, 7) is 1.94. The normalized spacial score (nSPS) is 14.8. The maximum atomic E-state index is 12.6. The van der Waals surface area contributed by atoms with Gasteiger partial charge in [0.2, 0.25) is 11.8 Å². The fraction of sp³-hybridized carbons (Fsp3) is 0.222. The fourth-order valence-corrected chi connectivity index (χ4v) is 3.00. The molecule has 1 aliphatic carbocycles. The largest absolute Gasteiger partial charge is 0.325 e. The Morgan fingerprint density at radius 2 is 1.54 bits per heavy atom. The Balaban J connectivity index is 1.75. The van der Waals surface area contributed by atoms with Crippen molar-refractivity contribution in [3.63, 3.8) is 0 Å². The summed E-state index contributed by atoms with van der Waals surface area (Å²) in [5.74, 6) is -0.698. The van der Waals surface area contributed by atoms with Crippen LogP contribution in [0.5, 0.6) is 0 Å². The molecule has 0 atom stereocenters. The number of carbonyl (C=O) groups excluding carboxylic acids is 2. The molecule has 0 bridgehead atoms. The lowest BCUT2D eigenvalue weighted by atomic mass is 10.0. The number of hydrogen-bond donors (Lipinski definition) is 2. The summed E-state index contributed by atoms with van der Waals surface area (Å²) in [6, 6.07) is 12.4. The van der Waals surface area contributed by atoms with Gasteiger partial charge in [-0.25, -0.2) is 0 Å². The Kier molecular flexibility index (Phi) is 4.52. The van der Waals surface area contributed by atoms with Gasteiger partial charge in [-0.2, -0.15) is 0 Å². The minimum atomic E-state index is -1.06. The van der Waals surface area contributed by atoms with Crippen molar-refractivity contribution >= 4 is 46.4 Å². The van der Waals surface area contributed by atoms with Crippen LogP contribution in [0.15, 0.2) is 42.5 Å². The molecule has 2 aromatic rings. The van der Waals surface area contributed by atoms with E-state index in [0.717, 1.165) is 5.56 Å². The number of rotatable bonds is 4. The highest BCUT2D eigenvalue weighted by Crippen LogP contribution is 2.48. The van der Waals surface area contributed by atoms with E-state index in [2.05, 4.69) is 10.6 Å². The number of amides is 2. The standard InChI is InChI=1S/C18H16Cl2N2O2/c1-11-4-2-5-12(10-11)21-16(23)18(8-9-18)17(24)22-15-13(19)6-3-7-14(15)20/h2-7,10H,8-9H2,1H3,(H,21,23)(H,22,24). The van der Waals surface area contributed by atoms with E-state index in [4.69, 9.17) is 23.2 Å². The van der Waals surface area contributed by atoms with Crippen LogP contribution in [0.2, 0.25) is 10.0 Å². The number of carbonyl (C=O) groups is 2. The van der Waals surface area contributed by atoms with Crippen molar-refractivity contribution in [3.8, 4) is 0 Å². The summed E-state index contributed by atoms with van der Waals surface area (Å²) in [7, 11) is 0. The number of hydrogen-bond acceptors (Lipinski definition) is 2. The van der Waals surface area contributed by atoms with Crippen molar-refractivity contribution in [1.29, 1.82) is 0 Å². The first-order valence-electron chi connectivity index (χ1n) is 7.56. The number of para-hydroxylation sites is 1. The molecule has 2 amide bonds. The quantitative estimate of drug-likeness (QED) is 0.777. The topological polar surface area (TPSA) is 58.2 Å². The van der Waals surface area contributed by atoms with E-state index in [-0.39, 0.29) is 11.8 Å². The molecule has 4 nitrogen and oxygen atoms in total. The summed E-state index contributed by atoms with van der Waals surface area (Å²) in [5.41, 5.74) is 0.979. The van der Waals surface area contributed by atoms with Crippen molar-refractivity contribution in [1.82, 2.24) is 0 Å². The predicted molar refractivity (Wildman–Crippen MR) is 96.6 cm³/mol. The number of aryl methyl sites for hydroxylation is 1. The van der Waals surface area contributed by atoms with Crippen LogP contribution in [0, 0.1) is 12.3 Å². The minimum Gasteiger partial charge on any atom is -0.325 e. The molecular weight excluding hydrogens is 347 g/mol. The second-order valence-electron chi connectivity index (χ2n) is 5.96. The summed E-state index contributed by atoms with van der Waals surface area (Å²) in [6.07, 6.45) is 0.997. The van der Waals surface area contributed by atoms with Gasteiger partial charge in [0, 0.05) is 5.69 Å². The number of halogens is 2. The van der Waals surface area contributed by atoms with E-state index in [1.165, 1.54) is 0 Å². The lowest BCUT2D eigenvalue weighted by Crippen LogP contribution is -2.35. The average molecular weight is 363 g/mol. The van der Waals surface area contributed by atoms with Crippen LogP contribution in [0.25, 0.3) is 0 Å². The third-order valence-corrected chi connectivity index (χ3v) is 4.73. The lowest BCUT2D eigenvalue weighted by Gasteiger charge is -2.17. The van der Waals surface area contributed by atoms with Crippen molar-refractivity contribution in [2.75, 3.05) is 10.6 Å². The molecule has 0 heterocycles. The van der Waals surface area contributed by atoms with Gasteiger partial charge >= 0.3 is 0 Å². The SMILES string of the molecule is Cc1cccc(NC(=O)C2(C(=O)Nc3c(Cl)cccc3Cl)CC2)c1. The van der Waals surface area contributed by atoms with Crippen LogP contribution in [0.3, 0.4) is 0 Å². The van der Waals surface area contributed by atoms with E-state index >= 15 is 0 Å². The fourth-order valence-electron chi connectivity index (χ4n) is 2.51. The van der Waals surface area contributed by atoms with Gasteiger partial charge in [-0.3, -0.25) is 9.59 Å². The third-order valence-electron chi connectivity index (χ3n) is 4.10. The van der Waals surface area contributed by atoms with Crippen molar-refractivity contribution in [2.45, 2.75) is 19.8 Å². The van der Waals surface area contributed by atoms with E-state index in [9.17, 15) is 9.59 Å². The van der Waals surface area contributed by atoms with Crippen molar-refractivity contribution in [2.24, 2.45) is 5.41 Å². The zero-order valence-corrected chi connectivity index (χ0v) is 14.5. The van der Waals surface area contributed by atoms with Gasteiger partial charge < -0.3 is 10.6 Å². The molecular formula is C18H16Cl2N2O2. The highest BCUT2D eigenvalue weighted by molar-refractivity contribution is 6.40. The van der Waals surface area contributed by atoms with Crippen LogP contribution in [-0.2, 0) is 9.59 Å². The van der Waals surface area contributed by atoms with Crippen LogP contribution < -0.4 is 10.6 Å². The summed E-state index contributed by atoms with van der Waals surface area (Å²) in [5, 5.41) is 6.19. The van der Waals surface area contributed by atoms with Gasteiger partial charge in [-0.1, -0.05) is 41.4 Å². The highest BCUT2D eigenvalue weighted by Gasteiger charge is 2.56. The Hall–Kier alpha value is -2.04. The molecule has 1 fully saturated rings. The number of nitrogens with one attached hydrogen (secondary N) is 2. The maximum absolute atomic E-state index is 12.6. The van der Waals surface area contributed by atoms with Gasteiger partial charge in [0.15, 0.2) is 0 Å². The van der Waals surface area contributed by atoms with Gasteiger partial charge in [0.05, 0.1) is 15.7 Å². The molecule has 124 valence electrons. The maximum Gasteiger partial charge on any atom is 0.240 e. The molecule has 6 heteroatoms. The van der Waals surface area contributed by atoms with Gasteiger partial charge in [-0.05, 0) is 49.6 Å². The Labute approximate surface area is 150 Å². The summed E-state index contributed by atoms with van der Waals surface area (Å²) >= 11 is 12.1. The molecule has 1 saturated carbocycles. The first-order chi connectivity index (χ1) is 11.4. The number of anilines is 2. The first kappa shape index (κ1) is 16.8. The molecule has 2 N–H and O–H groups in total. The molecule has 0 unspecified atom stereocenters. The minimum absolute atomic E-state index is 0.311. The molecule has 0 spiro atoms. The van der Waals surface area contributed by atoms with Crippen molar-refractivity contribution in [3.05, 3.63) is 58.1 Å². The molecule has 1 aliphatic rings. The van der Waals surface area contributed by atoms with Crippen molar-refractivity contribution < 1.29 is 9.59 Å². The molecule has 24 heavy (non-hydrogen) atoms. The van der Waals surface area contributed by atoms with Gasteiger partial charge in [-0.15, -0.1) is 0 Å². The second kappa shape index (κ2) is 6.46. The predicted octanol–water partition coefficient (Wildman–Crippen LogP) is 4.66. The number of benzene rings is 2. The molecule has 0 radical (unpaired) electrons. The zero-order chi connectivity index (χ0) is 17.3. The van der Waals surface area contributed by atoms with E-state index < -0.39 is 5.41 Å². The van der Waals surface area contributed by atoms with Gasteiger partial charge in [0.1, 0.15) is 5.41 Å². The average Bonchev–Trinajstić information content (AvgIpc) is 3.33. The lowest BCUT2D eigenvalue weighted by molar-refractivity contribution is -0.131. The Bertz CT molecular complexity index is 796. The first-order valence-corrected chi connectivity index (χ1v) is 8.31. The second-order valence-corrected chi connectivity index (χ2v) is 6.77. The van der Waals surface area contributed by atoms with E-state index in [0.29, 0.717) is 34.3 Å². The molecule has 3 rings (SSSR count). The zero-order valence-electron chi connectivity index (χ0n) is 13.0. The monoisotopic (exact) mass is 362 g/mol. The Morgan fingerprint density at radius 1 is 0.958 bits per heavy atom. The summed E-state index contributed by atoms with van der Waals surface area (Å²) < 4.78 is 0. The highest BCUT2D eigenvalue weighted by atomic mass is 35.5. The van der Waals surface area contributed by atoms with Crippen LogP contribution in [0.4, 0.5) is 11.4 Å². The molecule has 0 aromatic heterocycles. The third kappa shape index (κ3) is 3.25. The van der Waals surface area contributed by atoms with E-state index in [1.807, 2.05) is 25.1 Å². The van der Waals surface area contributed by atoms with Crippen LogP contribution >= 0.6 is 23.2 Å². The van der Waals surface area contributed by atoms with Crippen LogP contribution in [0.1, 0.15) is 18.4 Å². The molecule has 2 aromatic carbocycles. The van der Waals surface area contributed by atoms with Crippen LogP contribution in [-0.4, -0.2) is 11.8 Å². The smallest absolute Gasteiger partial charge is 0.240 e. The van der Waals surface area contributed by atoms with Gasteiger partial charge in [0.25, 0.3) is 0 Å². The summed E-state index contributed by atoms with van der Waals surface area (Å²) in [4.78, 5) is 25.2. The Morgan fingerprint density at radius 3 is 2.12 bits per heavy atom. The molecule has 0 saturated heterocycles.